The summed E-state index contributed by atoms with van der Waals surface area (Å²) in [5, 5.41) is 90.1. The van der Waals surface area contributed by atoms with E-state index >= 15 is 0 Å². The predicted molar refractivity (Wildman–Crippen MR) is 231 cm³/mol. The molecule has 2 aliphatic rings. The second-order valence-corrected chi connectivity index (χ2v) is 19.0. The van der Waals surface area contributed by atoms with Crippen LogP contribution in [0.25, 0.3) is 0 Å². The van der Waals surface area contributed by atoms with E-state index in [1.165, 1.54) is 39.2 Å². The maximum atomic E-state index is 9.93. The fourth-order valence-electron chi connectivity index (χ4n) is 6.22. The molecule has 0 spiro atoms. The van der Waals surface area contributed by atoms with Gasteiger partial charge in [0.2, 0.25) is 0 Å². The van der Waals surface area contributed by atoms with Crippen LogP contribution in [0.3, 0.4) is 0 Å². The fraction of sp³-hybridized carbons (Fsp3) is 0.955. The first-order valence-electron chi connectivity index (χ1n) is 21.0. The van der Waals surface area contributed by atoms with Gasteiger partial charge in [-0.25, -0.2) is 0 Å². The molecule has 2 fully saturated rings. The Labute approximate surface area is 353 Å². The van der Waals surface area contributed by atoms with E-state index in [0.717, 1.165) is 6.54 Å². The SMILES string of the molecule is C.CCC(O)C(O)C(O)C(O)CC(C)(C)C.CCCCCC=CNCCC.COC1OC(C(C)(C)C)C(O)C(O)C1C.COC1OC(CC(C)(C)C)C(O)C(O)C1O. The quantitative estimate of drug-likeness (QED) is 0.101. The molecule has 2 aliphatic heterocycles. The first-order chi connectivity index (χ1) is 26.1. The molecule has 14 nitrogen and oxygen atoms in total. The van der Waals surface area contributed by atoms with Gasteiger partial charge in [-0.2, -0.15) is 0 Å². The summed E-state index contributed by atoms with van der Waals surface area (Å²) in [6.07, 6.45) is 0.0311. The highest BCUT2D eigenvalue weighted by molar-refractivity contribution is 4.93. The van der Waals surface area contributed by atoms with E-state index in [2.05, 4.69) is 31.4 Å². The number of hydrogen-bond acceptors (Lipinski definition) is 14. The lowest BCUT2D eigenvalue weighted by atomic mass is 9.79. The molecule has 0 amide bonds. The van der Waals surface area contributed by atoms with Gasteiger partial charge in [0, 0.05) is 26.7 Å². The molecule has 2 saturated heterocycles. The molecule has 0 radical (unpaired) electrons. The highest BCUT2D eigenvalue weighted by Crippen LogP contribution is 2.35. The third kappa shape index (κ3) is 24.5. The zero-order valence-electron chi connectivity index (χ0n) is 38.3. The van der Waals surface area contributed by atoms with Crippen LogP contribution in [0.4, 0.5) is 0 Å². The Bertz CT molecular complexity index is 1010. The van der Waals surface area contributed by atoms with E-state index in [0.29, 0.717) is 19.3 Å². The van der Waals surface area contributed by atoms with Gasteiger partial charge in [0.15, 0.2) is 12.6 Å². The van der Waals surface area contributed by atoms with E-state index in [1.54, 1.807) is 21.0 Å². The zero-order valence-corrected chi connectivity index (χ0v) is 38.3. The molecule has 0 aromatic heterocycles. The van der Waals surface area contributed by atoms with Crippen molar-refractivity contribution in [3.05, 3.63) is 12.3 Å². The Balaban J connectivity index is -0.000000697. The summed E-state index contributed by atoms with van der Waals surface area (Å²) in [5.41, 5.74) is -0.388. The Kier molecular flexibility index (Phi) is 31.9. The van der Waals surface area contributed by atoms with Crippen LogP contribution >= 0.6 is 0 Å². The predicted octanol–water partition coefficient (Wildman–Crippen LogP) is 4.63. The molecule has 58 heavy (non-hydrogen) atoms. The molecule has 352 valence electrons. The van der Waals surface area contributed by atoms with Crippen molar-refractivity contribution in [3.8, 4) is 0 Å². The van der Waals surface area contributed by atoms with Crippen molar-refractivity contribution in [3.63, 3.8) is 0 Å². The van der Waals surface area contributed by atoms with Crippen molar-refractivity contribution in [2.45, 2.75) is 229 Å². The second-order valence-electron chi connectivity index (χ2n) is 19.0. The topological polar surface area (TPSA) is 231 Å². The molecule has 0 aromatic carbocycles. The van der Waals surface area contributed by atoms with Crippen molar-refractivity contribution in [1.29, 1.82) is 0 Å². The van der Waals surface area contributed by atoms with E-state index < -0.39 is 79.7 Å². The van der Waals surface area contributed by atoms with Crippen molar-refractivity contribution < 1.29 is 64.9 Å². The normalized spacial score (nSPS) is 29.9. The Morgan fingerprint density at radius 1 is 0.655 bits per heavy atom. The number of unbranched alkanes of at least 4 members (excludes halogenated alkanes) is 3. The Morgan fingerprint density at radius 2 is 1.19 bits per heavy atom. The molecule has 0 aromatic rings. The summed E-state index contributed by atoms with van der Waals surface area (Å²) in [7, 11) is 2.94. The van der Waals surface area contributed by atoms with Crippen molar-refractivity contribution in [1.82, 2.24) is 5.32 Å². The maximum Gasteiger partial charge on any atom is 0.186 e. The molecule has 10 N–H and O–H groups in total. The van der Waals surface area contributed by atoms with Gasteiger partial charge >= 0.3 is 0 Å². The van der Waals surface area contributed by atoms with Crippen LogP contribution in [0.15, 0.2) is 12.3 Å². The highest BCUT2D eigenvalue weighted by atomic mass is 16.7. The van der Waals surface area contributed by atoms with Gasteiger partial charge in [-0.15, -0.1) is 0 Å². The first kappa shape index (κ1) is 61.3. The third-order valence-electron chi connectivity index (χ3n) is 9.69. The van der Waals surface area contributed by atoms with Gasteiger partial charge in [-0.1, -0.05) is 116 Å². The fourth-order valence-corrected chi connectivity index (χ4v) is 6.22. The van der Waals surface area contributed by atoms with Gasteiger partial charge < -0.3 is 70.2 Å². The largest absolute Gasteiger partial charge is 0.391 e. The molecule has 0 bridgehead atoms. The van der Waals surface area contributed by atoms with Crippen LogP contribution in [0.1, 0.15) is 149 Å². The molecular formula is C44H93NO13. The summed E-state index contributed by atoms with van der Waals surface area (Å²) >= 11 is 0. The van der Waals surface area contributed by atoms with Gasteiger partial charge in [0.05, 0.1) is 30.5 Å². The molecular weight excluding hydrogens is 750 g/mol. The lowest BCUT2D eigenvalue weighted by Crippen LogP contribution is -2.58. The minimum Gasteiger partial charge on any atom is -0.391 e. The van der Waals surface area contributed by atoms with Crippen LogP contribution in [0.5, 0.6) is 0 Å². The van der Waals surface area contributed by atoms with Crippen LogP contribution in [-0.4, -0.2) is 146 Å². The van der Waals surface area contributed by atoms with Crippen LogP contribution in [-0.2, 0) is 18.9 Å². The van der Waals surface area contributed by atoms with Crippen LogP contribution in [0, 0.1) is 22.2 Å². The molecule has 2 rings (SSSR count). The number of rotatable bonds is 15. The first-order valence-corrected chi connectivity index (χ1v) is 21.0. The number of hydrogen-bond donors (Lipinski definition) is 10. The minimum atomic E-state index is -1.29. The smallest absolute Gasteiger partial charge is 0.186 e. The summed E-state index contributed by atoms with van der Waals surface area (Å²) in [6, 6.07) is 0. The monoisotopic (exact) mass is 844 g/mol. The summed E-state index contributed by atoms with van der Waals surface area (Å²) in [6.45, 7) is 26.8. The number of nitrogens with one attached hydrogen (secondary N) is 1. The molecule has 14 unspecified atom stereocenters. The Hall–Kier alpha value is -0.980. The summed E-state index contributed by atoms with van der Waals surface area (Å²) in [4.78, 5) is 0. The Morgan fingerprint density at radius 3 is 1.62 bits per heavy atom. The third-order valence-corrected chi connectivity index (χ3v) is 9.69. The standard InChI is InChI=1S/C11H22O5.C11H22O4.C11H24O4.C10H21N.CH4/c1-11(2,3)5-6-7(12)8(13)9(14)10(15-4)16-6;1-6-7(12)8(13)9(11(2,3)4)15-10(6)14-5;1-5-7(12)9(14)10(15)8(13)6-11(2,3)4;1-3-5-6-7-8-10-11-9-4-2;/h6-10,12-14H,5H2,1-4H3;6-10,12-13H,1-5H3;7-10,12-15H,5-6H2,1-4H3;8,10-11H,3-7,9H2,1-2H3;1H4. The number of aliphatic hydroxyl groups is 9. The number of allylic oxidation sites excluding steroid dienone is 1. The molecule has 0 aliphatic carbocycles. The van der Waals surface area contributed by atoms with E-state index in [1.807, 2.05) is 62.3 Å². The van der Waals surface area contributed by atoms with Gasteiger partial charge in [-0.3, -0.25) is 0 Å². The molecule has 0 saturated carbocycles. The van der Waals surface area contributed by atoms with Gasteiger partial charge in [0.25, 0.3) is 0 Å². The minimum absolute atomic E-state index is 0. The van der Waals surface area contributed by atoms with Gasteiger partial charge in [0.1, 0.15) is 36.6 Å². The van der Waals surface area contributed by atoms with Crippen molar-refractivity contribution in [2.75, 3.05) is 20.8 Å². The zero-order chi connectivity index (χ0) is 44.9. The summed E-state index contributed by atoms with van der Waals surface area (Å²) < 4.78 is 21.2. The van der Waals surface area contributed by atoms with Crippen molar-refractivity contribution in [2.24, 2.45) is 22.2 Å². The number of aliphatic hydroxyl groups excluding tert-OH is 9. The average molecular weight is 844 g/mol. The van der Waals surface area contributed by atoms with Gasteiger partial charge in [-0.05, 0) is 61.0 Å². The highest BCUT2D eigenvalue weighted by Gasteiger charge is 2.47. The lowest BCUT2D eigenvalue weighted by Gasteiger charge is -2.45. The maximum absolute atomic E-state index is 9.93. The second kappa shape index (κ2) is 30.1. The molecule has 14 atom stereocenters. The number of methoxy groups -OCH3 is 2. The molecule has 2 heterocycles. The molecule has 14 heteroatoms. The van der Waals surface area contributed by atoms with Crippen LogP contribution < -0.4 is 5.32 Å². The van der Waals surface area contributed by atoms with E-state index in [-0.39, 0.29) is 29.6 Å². The van der Waals surface area contributed by atoms with E-state index in [9.17, 15) is 46.0 Å². The number of ether oxygens (including phenoxy) is 4. The van der Waals surface area contributed by atoms with E-state index in [4.69, 9.17) is 18.9 Å². The van der Waals surface area contributed by atoms with Crippen molar-refractivity contribution >= 4 is 0 Å². The lowest BCUT2D eigenvalue weighted by molar-refractivity contribution is -0.293. The summed E-state index contributed by atoms with van der Waals surface area (Å²) in [5.74, 6) is -0.219. The van der Waals surface area contributed by atoms with Crippen LogP contribution in [0.2, 0.25) is 0 Å². The average Bonchev–Trinajstić information content (AvgIpc) is 3.12.